The molecule has 3 N–H and O–H groups in total. The fourth-order valence-corrected chi connectivity index (χ4v) is 3.43. The van der Waals surface area contributed by atoms with Gasteiger partial charge in [-0.1, -0.05) is 34.1 Å². The fraction of sp³-hybridized carbons (Fsp3) is 0.529. The summed E-state index contributed by atoms with van der Waals surface area (Å²) in [4.78, 5) is 23.0. The Morgan fingerprint density at radius 3 is 2.52 bits per heavy atom. The van der Waals surface area contributed by atoms with Gasteiger partial charge in [-0.2, -0.15) is 0 Å². The van der Waals surface area contributed by atoms with Crippen molar-refractivity contribution in [3.05, 3.63) is 34.3 Å². The number of carbonyl (C=O) groups is 2. The molecule has 1 saturated carbocycles. The Bertz CT molecular complexity index is 557. The van der Waals surface area contributed by atoms with E-state index in [2.05, 4.69) is 26.6 Å². The number of halogens is 1. The number of aliphatic carboxylic acids is 1. The Labute approximate surface area is 145 Å². The molecular formula is C17H23BrN2O3. The molecule has 2 rings (SSSR count). The van der Waals surface area contributed by atoms with Crippen molar-refractivity contribution in [2.24, 2.45) is 5.92 Å². The molecule has 126 valence electrons. The number of carboxylic acids is 1. The predicted octanol–water partition coefficient (Wildman–Crippen LogP) is 3.32. The van der Waals surface area contributed by atoms with Crippen molar-refractivity contribution >= 4 is 27.9 Å². The van der Waals surface area contributed by atoms with Crippen LogP contribution < -0.4 is 10.6 Å². The van der Waals surface area contributed by atoms with E-state index in [9.17, 15) is 9.59 Å². The fourth-order valence-electron chi connectivity index (χ4n) is 2.98. The summed E-state index contributed by atoms with van der Waals surface area (Å²) >= 11 is 3.51. The minimum absolute atomic E-state index is 0.0176. The van der Waals surface area contributed by atoms with E-state index >= 15 is 0 Å². The predicted molar refractivity (Wildman–Crippen MR) is 92.4 cm³/mol. The van der Waals surface area contributed by atoms with Gasteiger partial charge in [0.25, 0.3) is 0 Å². The lowest BCUT2D eigenvalue weighted by atomic mass is 9.86. The van der Waals surface area contributed by atoms with Crippen LogP contribution >= 0.6 is 15.9 Å². The van der Waals surface area contributed by atoms with Gasteiger partial charge < -0.3 is 15.7 Å². The molecule has 1 atom stereocenters. The van der Waals surface area contributed by atoms with Crippen molar-refractivity contribution in [3.8, 4) is 0 Å². The van der Waals surface area contributed by atoms with Crippen molar-refractivity contribution in [3.63, 3.8) is 0 Å². The molecular weight excluding hydrogens is 360 g/mol. The van der Waals surface area contributed by atoms with Crippen molar-refractivity contribution < 1.29 is 14.7 Å². The molecule has 23 heavy (non-hydrogen) atoms. The van der Waals surface area contributed by atoms with Crippen molar-refractivity contribution in [1.29, 1.82) is 0 Å². The van der Waals surface area contributed by atoms with Crippen molar-refractivity contribution in [2.45, 2.75) is 51.1 Å². The average Bonchev–Trinajstić information content (AvgIpc) is 2.50. The van der Waals surface area contributed by atoms with Crippen molar-refractivity contribution in [1.82, 2.24) is 10.6 Å². The van der Waals surface area contributed by atoms with Gasteiger partial charge in [-0.3, -0.25) is 4.79 Å². The Morgan fingerprint density at radius 1 is 1.26 bits per heavy atom. The molecule has 5 nitrogen and oxygen atoms in total. The van der Waals surface area contributed by atoms with Crippen LogP contribution in [-0.4, -0.2) is 29.2 Å². The van der Waals surface area contributed by atoms with Gasteiger partial charge in [0.1, 0.15) is 0 Å². The molecule has 1 unspecified atom stereocenters. The van der Waals surface area contributed by atoms with Gasteiger partial charge in [0, 0.05) is 16.6 Å². The summed E-state index contributed by atoms with van der Waals surface area (Å²) in [6.45, 7) is 1.97. The highest BCUT2D eigenvalue weighted by molar-refractivity contribution is 9.10. The smallest absolute Gasteiger partial charge is 0.315 e. The minimum Gasteiger partial charge on any atom is -0.481 e. The molecule has 1 aromatic carbocycles. The van der Waals surface area contributed by atoms with Gasteiger partial charge in [-0.25, -0.2) is 4.79 Å². The SMILES string of the molecule is CC(Cc1ccccc1Br)NC(=O)NC1CCC(C(=O)O)CC1. The molecule has 0 saturated heterocycles. The van der Waals surface area contributed by atoms with Gasteiger partial charge in [0.15, 0.2) is 0 Å². The molecule has 0 aromatic heterocycles. The second kappa shape index (κ2) is 8.34. The zero-order chi connectivity index (χ0) is 16.8. The monoisotopic (exact) mass is 382 g/mol. The van der Waals surface area contributed by atoms with Crippen LogP contribution in [0.25, 0.3) is 0 Å². The highest BCUT2D eigenvalue weighted by atomic mass is 79.9. The van der Waals surface area contributed by atoms with Gasteiger partial charge in [-0.15, -0.1) is 0 Å². The maximum atomic E-state index is 12.1. The molecule has 2 amide bonds. The number of hydrogen-bond acceptors (Lipinski definition) is 2. The lowest BCUT2D eigenvalue weighted by molar-refractivity contribution is -0.142. The van der Waals surface area contributed by atoms with Crippen LogP contribution in [0.3, 0.4) is 0 Å². The number of carboxylic acid groups (broad SMARTS) is 1. The van der Waals surface area contributed by atoms with Gasteiger partial charge in [0.05, 0.1) is 5.92 Å². The molecule has 1 aliphatic rings. The molecule has 1 fully saturated rings. The standard InChI is InChI=1S/C17H23BrN2O3/c1-11(10-13-4-2-3-5-15(13)18)19-17(23)20-14-8-6-12(7-9-14)16(21)22/h2-5,11-12,14H,6-10H2,1H3,(H,21,22)(H2,19,20,23). The number of benzene rings is 1. The van der Waals surface area contributed by atoms with Gasteiger partial charge in [-0.05, 0) is 50.7 Å². The van der Waals surface area contributed by atoms with Crippen LogP contribution in [0.2, 0.25) is 0 Å². The largest absolute Gasteiger partial charge is 0.481 e. The van der Waals surface area contributed by atoms with Crippen LogP contribution in [0.15, 0.2) is 28.7 Å². The first-order valence-corrected chi connectivity index (χ1v) is 8.78. The van der Waals surface area contributed by atoms with E-state index in [1.807, 2.05) is 31.2 Å². The first-order valence-electron chi connectivity index (χ1n) is 7.99. The van der Waals surface area contributed by atoms with Crippen LogP contribution in [0, 0.1) is 5.92 Å². The summed E-state index contributed by atoms with van der Waals surface area (Å²) in [7, 11) is 0. The van der Waals surface area contributed by atoms with Crippen LogP contribution in [-0.2, 0) is 11.2 Å². The second-order valence-corrected chi connectivity index (χ2v) is 7.06. The van der Waals surface area contributed by atoms with Crippen molar-refractivity contribution in [2.75, 3.05) is 0 Å². The maximum Gasteiger partial charge on any atom is 0.315 e. The van der Waals surface area contributed by atoms with Crippen LogP contribution in [0.4, 0.5) is 4.79 Å². The number of hydrogen-bond donors (Lipinski definition) is 3. The molecule has 1 aromatic rings. The number of rotatable bonds is 5. The third kappa shape index (κ3) is 5.53. The number of urea groups is 1. The normalized spacial score (nSPS) is 22.2. The highest BCUT2D eigenvalue weighted by Gasteiger charge is 2.26. The van der Waals surface area contributed by atoms with E-state index in [4.69, 9.17) is 5.11 Å². The summed E-state index contributed by atoms with van der Waals surface area (Å²) in [5.74, 6) is -0.986. The van der Waals surface area contributed by atoms with E-state index in [0.29, 0.717) is 12.8 Å². The molecule has 1 aliphatic carbocycles. The maximum absolute atomic E-state index is 12.1. The zero-order valence-electron chi connectivity index (χ0n) is 13.2. The first kappa shape index (κ1) is 17.8. The van der Waals surface area contributed by atoms with Gasteiger partial charge in [0.2, 0.25) is 0 Å². The molecule has 0 bridgehead atoms. The number of nitrogens with one attached hydrogen (secondary N) is 2. The Kier molecular flexibility index (Phi) is 6.45. The van der Waals surface area contributed by atoms with E-state index in [1.54, 1.807) is 0 Å². The lowest BCUT2D eigenvalue weighted by Crippen LogP contribution is -2.47. The molecule has 0 radical (unpaired) electrons. The summed E-state index contributed by atoms with van der Waals surface area (Å²) in [6, 6.07) is 7.88. The molecule has 0 spiro atoms. The third-order valence-corrected chi connectivity index (χ3v) is 5.05. The second-order valence-electron chi connectivity index (χ2n) is 6.20. The van der Waals surface area contributed by atoms with E-state index in [-0.39, 0.29) is 24.0 Å². The Morgan fingerprint density at radius 2 is 1.91 bits per heavy atom. The average molecular weight is 383 g/mol. The molecule has 0 aliphatic heterocycles. The summed E-state index contributed by atoms with van der Waals surface area (Å²) in [5, 5.41) is 14.9. The molecule has 0 heterocycles. The Hall–Kier alpha value is -1.56. The first-order chi connectivity index (χ1) is 11.0. The topological polar surface area (TPSA) is 78.4 Å². The summed E-state index contributed by atoms with van der Waals surface area (Å²) < 4.78 is 1.04. The van der Waals surface area contributed by atoms with E-state index in [0.717, 1.165) is 29.3 Å². The highest BCUT2D eigenvalue weighted by Crippen LogP contribution is 2.24. The summed E-state index contributed by atoms with van der Waals surface area (Å²) in [5.41, 5.74) is 1.15. The van der Waals surface area contributed by atoms with E-state index in [1.165, 1.54) is 0 Å². The Balaban J connectivity index is 1.74. The van der Waals surface area contributed by atoms with Crippen LogP contribution in [0.5, 0.6) is 0 Å². The number of carbonyl (C=O) groups excluding carboxylic acids is 1. The van der Waals surface area contributed by atoms with Crippen LogP contribution in [0.1, 0.15) is 38.2 Å². The minimum atomic E-state index is -0.727. The van der Waals surface area contributed by atoms with E-state index < -0.39 is 5.97 Å². The van der Waals surface area contributed by atoms with Gasteiger partial charge >= 0.3 is 12.0 Å². The summed E-state index contributed by atoms with van der Waals surface area (Å²) in [6.07, 6.45) is 3.46. The molecule has 6 heteroatoms. The third-order valence-electron chi connectivity index (χ3n) is 4.27. The lowest BCUT2D eigenvalue weighted by Gasteiger charge is -2.27. The zero-order valence-corrected chi connectivity index (χ0v) is 14.8. The number of amides is 2. The quantitative estimate of drug-likeness (QED) is 0.730.